The van der Waals surface area contributed by atoms with Gasteiger partial charge in [-0.15, -0.1) is 0 Å². The molecule has 0 saturated heterocycles. The van der Waals surface area contributed by atoms with Gasteiger partial charge in [-0.2, -0.15) is 0 Å². The lowest BCUT2D eigenvalue weighted by Gasteiger charge is -2.02. The Hall–Kier alpha value is -0.530. The molecular formula is C14H26O2. The molecule has 1 aliphatic rings. The van der Waals surface area contributed by atoms with Gasteiger partial charge in [-0.1, -0.05) is 46.5 Å². The molecule has 0 spiro atoms. The van der Waals surface area contributed by atoms with Gasteiger partial charge in [-0.3, -0.25) is 4.79 Å². The van der Waals surface area contributed by atoms with Crippen molar-refractivity contribution in [3.8, 4) is 0 Å². The van der Waals surface area contributed by atoms with Gasteiger partial charge in [-0.25, -0.2) is 0 Å². The Morgan fingerprint density at radius 1 is 1.19 bits per heavy atom. The highest BCUT2D eigenvalue weighted by atomic mass is 16.5. The number of methoxy groups -OCH3 is 1. The molecule has 16 heavy (non-hydrogen) atoms. The molecule has 0 heterocycles. The highest BCUT2D eigenvalue weighted by molar-refractivity contribution is 5.70. The number of unbranched alkanes of at least 4 members (excludes halogenated alkanes) is 3. The van der Waals surface area contributed by atoms with E-state index in [-0.39, 0.29) is 5.97 Å². The van der Waals surface area contributed by atoms with Crippen molar-refractivity contribution in [3.05, 3.63) is 0 Å². The van der Waals surface area contributed by atoms with Gasteiger partial charge in [0, 0.05) is 6.42 Å². The van der Waals surface area contributed by atoms with Crippen LogP contribution < -0.4 is 0 Å². The zero-order chi connectivity index (χ0) is 12.2. The SMILES string of the molecule is CCCCCCC1C(CC(=O)OC)C1(C)C. The molecule has 0 aromatic heterocycles. The van der Waals surface area contributed by atoms with E-state index >= 15 is 0 Å². The van der Waals surface area contributed by atoms with Gasteiger partial charge < -0.3 is 4.74 Å². The summed E-state index contributed by atoms with van der Waals surface area (Å²) < 4.78 is 4.75. The van der Waals surface area contributed by atoms with Crippen molar-refractivity contribution >= 4 is 5.97 Å². The van der Waals surface area contributed by atoms with Gasteiger partial charge in [-0.05, 0) is 23.7 Å². The predicted octanol–water partition coefficient (Wildman–Crippen LogP) is 3.79. The largest absolute Gasteiger partial charge is 0.469 e. The second-order valence-corrected chi connectivity index (χ2v) is 5.66. The van der Waals surface area contributed by atoms with Crippen LogP contribution in [0.25, 0.3) is 0 Å². The van der Waals surface area contributed by atoms with Crippen molar-refractivity contribution in [2.24, 2.45) is 17.3 Å². The van der Waals surface area contributed by atoms with Gasteiger partial charge in [0.1, 0.15) is 0 Å². The lowest BCUT2D eigenvalue weighted by Crippen LogP contribution is -2.03. The van der Waals surface area contributed by atoms with Crippen LogP contribution in [0.2, 0.25) is 0 Å². The number of hydrogen-bond donors (Lipinski definition) is 0. The molecule has 1 aliphatic carbocycles. The summed E-state index contributed by atoms with van der Waals surface area (Å²) in [6, 6.07) is 0. The van der Waals surface area contributed by atoms with E-state index in [0.717, 1.165) is 5.92 Å². The third-order valence-electron chi connectivity index (χ3n) is 4.27. The minimum Gasteiger partial charge on any atom is -0.469 e. The summed E-state index contributed by atoms with van der Waals surface area (Å²) in [5.41, 5.74) is 0.362. The average molecular weight is 226 g/mol. The first-order chi connectivity index (χ1) is 7.54. The summed E-state index contributed by atoms with van der Waals surface area (Å²) in [7, 11) is 1.48. The Kier molecular flexibility index (Phi) is 4.82. The van der Waals surface area contributed by atoms with Crippen LogP contribution in [-0.4, -0.2) is 13.1 Å². The van der Waals surface area contributed by atoms with Gasteiger partial charge in [0.2, 0.25) is 0 Å². The molecule has 0 aliphatic heterocycles. The van der Waals surface area contributed by atoms with E-state index in [1.807, 2.05) is 0 Å². The first-order valence-electron chi connectivity index (χ1n) is 6.60. The second kappa shape index (κ2) is 5.70. The van der Waals surface area contributed by atoms with Crippen molar-refractivity contribution in [2.45, 2.75) is 59.3 Å². The van der Waals surface area contributed by atoms with Crippen LogP contribution in [-0.2, 0) is 9.53 Å². The van der Waals surface area contributed by atoms with E-state index in [2.05, 4.69) is 20.8 Å². The molecule has 0 N–H and O–H groups in total. The average Bonchev–Trinajstić information content (AvgIpc) is 2.75. The van der Waals surface area contributed by atoms with Crippen LogP contribution in [0.3, 0.4) is 0 Å². The Balaban J connectivity index is 2.25. The summed E-state index contributed by atoms with van der Waals surface area (Å²) >= 11 is 0. The number of hydrogen-bond acceptors (Lipinski definition) is 2. The molecule has 0 aromatic carbocycles. The molecule has 1 rings (SSSR count). The number of carbonyl (C=O) groups excluding carboxylic acids is 1. The van der Waals surface area contributed by atoms with Crippen LogP contribution in [0.1, 0.15) is 59.3 Å². The Morgan fingerprint density at radius 3 is 2.44 bits per heavy atom. The van der Waals surface area contributed by atoms with Crippen LogP contribution in [0.4, 0.5) is 0 Å². The number of esters is 1. The molecule has 0 radical (unpaired) electrons. The third-order valence-corrected chi connectivity index (χ3v) is 4.27. The summed E-state index contributed by atoms with van der Waals surface area (Å²) in [5, 5.41) is 0. The summed E-state index contributed by atoms with van der Waals surface area (Å²) in [5.74, 6) is 1.25. The van der Waals surface area contributed by atoms with Crippen LogP contribution >= 0.6 is 0 Å². The molecule has 0 bridgehead atoms. The molecule has 2 heteroatoms. The van der Waals surface area contributed by atoms with E-state index in [1.165, 1.54) is 39.2 Å². The first-order valence-corrected chi connectivity index (χ1v) is 6.60. The molecule has 2 atom stereocenters. The van der Waals surface area contributed by atoms with Gasteiger partial charge in [0.15, 0.2) is 0 Å². The monoisotopic (exact) mass is 226 g/mol. The molecular weight excluding hydrogens is 200 g/mol. The van der Waals surface area contributed by atoms with E-state index in [1.54, 1.807) is 0 Å². The smallest absolute Gasteiger partial charge is 0.305 e. The molecule has 1 fully saturated rings. The van der Waals surface area contributed by atoms with Gasteiger partial charge in [0.05, 0.1) is 7.11 Å². The van der Waals surface area contributed by atoms with Crippen molar-refractivity contribution in [1.29, 1.82) is 0 Å². The maximum absolute atomic E-state index is 11.2. The fourth-order valence-corrected chi connectivity index (χ4v) is 2.89. The molecule has 0 amide bonds. The molecule has 94 valence electrons. The van der Waals surface area contributed by atoms with Crippen molar-refractivity contribution < 1.29 is 9.53 Å². The lowest BCUT2D eigenvalue weighted by molar-refractivity contribution is -0.141. The third kappa shape index (κ3) is 3.23. The zero-order valence-corrected chi connectivity index (χ0v) is 11.2. The molecule has 2 unspecified atom stereocenters. The Bertz CT molecular complexity index is 233. The standard InChI is InChI=1S/C14H26O2/c1-5-6-7-8-9-11-12(14(11,2)3)10-13(15)16-4/h11-12H,5-10H2,1-4H3. The summed E-state index contributed by atoms with van der Waals surface area (Å²) in [6.07, 6.45) is 7.19. The number of rotatable bonds is 7. The van der Waals surface area contributed by atoms with E-state index < -0.39 is 0 Å². The minimum atomic E-state index is -0.0471. The quantitative estimate of drug-likeness (QED) is 0.487. The van der Waals surface area contributed by atoms with Crippen LogP contribution in [0.5, 0.6) is 0 Å². The lowest BCUT2D eigenvalue weighted by atomic mass is 10.0. The van der Waals surface area contributed by atoms with E-state index in [4.69, 9.17) is 4.74 Å². The highest BCUT2D eigenvalue weighted by Crippen LogP contribution is 2.62. The first kappa shape index (κ1) is 13.5. The summed E-state index contributed by atoms with van der Waals surface area (Å²) in [4.78, 5) is 11.2. The normalized spacial score (nSPS) is 26.5. The maximum Gasteiger partial charge on any atom is 0.305 e. The second-order valence-electron chi connectivity index (χ2n) is 5.66. The Morgan fingerprint density at radius 2 is 1.88 bits per heavy atom. The molecule has 0 aromatic rings. The van der Waals surface area contributed by atoms with E-state index in [9.17, 15) is 4.79 Å². The number of ether oxygens (including phenoxy) is 1. The van der Waals surface area contributed by atoms with Crippen molar-refractivity contribution in [1.82, 2.24) is 0 Å². The molecule has 1 saturated carbocycles. The highest BCUT2D eigenvalue weighted by Gasteiger charge is 2.57. The van der Waals surface area contributed by atoms with Crippen molar-refractivity contribution in [3.63, 3.8) is 0 Å². The predicted molar refractivity (Wildman–Crippen MR) is 66.2 cm³/mol. The number of carbonyl (C=O) groups is 1. The van der Waals surface area contributed by atoms with Crippen molar-refractivity contribution in [2.75, 3.05) is 7.11 Å². The zero-order valence-electron chi connectivity index (χ0n) is 11.2. The van der Waals surface area contributed by atoms with E-state index in [0.29, 0.717) is 17.8 Å². The van der Waals surface area contributed by atoms with Crippen LogP contribution in [0, 0.1) is 17.3 Å². The maximum atomic E-state index is 11.2. The fourth-order valence-electron chi connectivity index (χ4n) is 2.89. The fraction of sp³-hybridized carbons (Fsp3) is 0.929. The summed E-state index contributed by atoms with van der Waals surface area (Å²) in [6.45, 7) is 6.80. The minimum absolute atomic E-state index is 0.0471. The van der Waals surface area contributed by atoms with Crippen LogP contribution in [0.15, 0.2) is 0 Å². The topological polar surface area (TPSA) is 26.3 Å². The van der Waals surface area contributed by atoms with Gasteiger partial charge in [0.25, 0.3) is 0 Å². The Labute approximate surface area is 99.8 Å². The molecule has 2 nitrogen and oxygen atoms in total. The van der Waals surface area contributed by atoms with Gasteiger partial charge >= 0.3 is 5.97 Å².